The fourth-order valence-electron chi connectivity index (χ4n) is 3.73. The van der Waals surface area contributed by atoms with Crippen molar-refractivity contribution >= 4 is 34.3 Å². The van der Waals surface area contributed by atoms with Crippen molar-refractivity contribution < 1.29 is 9.90 Å². The van der Waals surface area contributed by atoms with Crippen LogP contribution in [0, 0.1) is 0 Å². The van der Waals surface area contributed by atoms with Gasteiger partial charge in [-0.15, -0.1) is 0 Å². The van der Waals surface area contributed by atoms with E-state index in [0.29, 0.717) is 5.82 Å². The van der Waals surface area contributed by atoms with Crippen molar-refractivity contribution in [1.82, 2.24) is 4.98 Å². The fourth-order valence-corrected chi connectivity index (χ4v) is 3.96. The number of aromatic nitrogens is 1. The Hall–Kier alpha value is -3.37. The van der Waals surface area contributed by atoms with Crippen molar-refractivity contribution in [1.29, 1.82) is 0 Å². The van der Waals surface area contributed by atoms with Gasteiger partial charge in [0.15, 0.2) is 0 Å². The first kappa shape index (κ1) is 20.9. The molecule has 4 aromatic rings. The highest BCUT2D eigenvalue weighted by atomic mass is 35.5. The molecule has 1 N–H and O–H groups in total. The molecule has 0 aliphatic carbocycles. The number of hydrogen-bond donors (Lipinski definition) is 1. The summed E-state index contributed by atoms with van der Waals surface area (Å²) in [5, 5.41) is 11.0. The predicted molar refractivity (Wildman–Crippen MR) is 127 cm³/mol. The number of likely N-dealkylation sites (N-methyl/N-ethyl adjacent to an activating group) is 1. The SMILES string of the molecule is CN(CC(=O)O)c1cc(-c2ccccc2)c2cc(CCc3ccccc3Cl)ccc2n1. The maximum absolute atomic E-state index is 11.2. The van der Waals surface area contributed by atoms with E-state index in [0.717, 1.165) is 45.5 Å². The zero-order chi connectivity index (χ0) is 21.8. The average Bonchev–Trinajstić information content (AvgIpc) is 2.78. The Kier molecular flexibility index (Phi) is 6.19. The van der Waals surface area contributed by atoms with Gasteiger partial charge in [-0.05, 0) is 59.4 Å². The summed E-state index contributed by atoms with van der Waals surface area (Å²) in [4.78, 5) is 17.6. The number of carbonyl (C=O) groups is 1. The summed E-state index contributed by atoms with van der Waals surface area (Å²) >= 11 is 6.32. The molecule has 0 atom stereocenters. The second-order valence-electron chi connectivity index (χ2n) is 7.59. The number of rotatable bonds is 7. The van der Waals surface area contributed by atoms with E-state index in [4.69, 9.17) is 16.6 Å². The smallest absolute Gasteiger partial charge is 0.323 e. The summed E-state index contributed by atoms with van der Waals surface area (Å²) in [5.74, 6) is -0.252. The molecular weight excluding hydrogens is 408 g/mol. The number of nitrogens with zero attached hydrogens (tertiary/aromatic N) is 2. The lowest BCUT2D eigenvalue weighted by Gasteiger charge is -2.18. The van der Waals surface area contributed by atoms with Gasteiger partial charge >= 0.3 is 5.97 Å². The van der Waals surface area contributed by atoms with Gasteiger partial charge < -0.3 is 10.0 Å². The highest BCUT2D eigenvalue weighted by Gasteiger charge is 2.13. The van der Waals surface area contributed by atoms with E-state index >= 15 is 0 Å². The number of carboxylic acid groups (broad SMARTS) is 1. The second kappa shape index (κ2) is 9.19. The van der Waals surface area contributed by atoms with Crippen LogP contribution in [0.15, 0.2) is 78.9 Å². The molecule has 0 saturated heterocycles. The molecule has 0 radical (unpaired) electrons. The van der Waals surface area contributed by atoms with Gasteiger partial charge in [-0.2, -0.15) is 0 Å². The zero-order valence-electron chi connectivity index (χ0n) is 17.3. The molecule has 0 aliphatic rings. The maximum Gasteiger partial charge on any atom is 0.323 e. The molecule has 5 heteroatoms. The van der Waals surface area contributed by atoms with Crippen molar-refractivity contribution in [3.63, 3.8) is 0 Å². The number of aliphatic carboxylic acids is 1. The van der Waals surface area contributed by atoms with Crippen LogP contribution in [0.4, 0.5) is 5.82 Å². The molecule has 4 rings (SSSR count). The van der Waals surface area contributed by atoms with E-state index in [-0.39, 0.29) is 6.54 Å². The zero-order valence-corrected chi connectivity index (χ0v) is 18.0. The molecule has 1 aromatic heterocycles. The quantitative estimate of drug-likeness (QED) is 0.399. The second-order valence-corrected chi connectivity index (χ2v) is 7.99. The molecule has 4 nitrogen and oxygen atoms in total. The molecule has 3 aromatic carbocycles. The van der Waals surface area contributed by atoms with E-state index in [1.807, 2.05) is 48.5 Å². The molecule has 156 valence electrons. The Labute approximate surface area is 186 Å². The van der Waals surface area contributed by atoms with Gasteiger partial charge in [0.25, 0.3) is 0 Å². The Morgan fingerprint density at radius 2 is 1.71 bits per heavy atom. The molecule has 0 saturated carbocycles. The third-order valence-corrected chi connectivity index (χ3v) is 5.72. The summed E-state index contributed by atoms with van der Waals surface area (Å²) in [5.41, 5.74) is 5.30. The van der Waals surface area contributed by atoms with Crippen molar-refractivity contribution in [2.45, 2.75) is 12.8 Å². The minimum absolute atomic E-state index is 0.108. The van der Waals surface area contributed by atoms with Crippen LogP contribution in [0.2, 0.25) is 5.02 Å². The molecule has 1 heterocycles. The highest BCUT2D eigenvalue weighted by Crippen LogP contribution is 2.32. The molecule has 0 spiro atoms. The number of carboxylic acids is 1. The summed E-state index contributed by atoms with van der Waals surface area (Å²) in [6, 6.07) is 26.3. The lowest BCUT2D eigenvalue weighted by atomic mass is 9.97. The van der Waals surface area contributed by atoms with Crippen LogP contribution in [0.25, 0.3) is 22.0 Å². The number of aryl methyl sites for hydroxylation is 2. The molecular formula is C26H23ClN2O2. The minimum atomic E-state index is -0.888. The molecule has 0 bridgehead atoms. The Morgan fingerprint density at radius 3 is 2.45 bits per heavy atom. The van der Waals surface area contributed by atoms with Crippen molar-refractivity contribution in [3.05, 3.63) is 95.0 Å². The van der Waals surface area contributed by atoms with Crippen LogP contribution in [0.1, 0.15) is 11.1 Å². The number of fused-ring (bicyclic) bond motifs is 1. The standard InChI is InChI=1S/C26H23ClN2O2/c1-29(17-26(30)31)25-16-21(19-7-3-2-4-8-19)22-15-18(12-14-24(22)28-25)11-13-20-9-5-6-10-23(20)27/h2-10,12,14-16H,11,13,17H2,1H3,(H,30,31). The lowest BCUT2D eigenvalue weighted by molar-refractivity contribution is -0.135. The van der Waals surface area contributed by atoms with Crippen molar-refractivity contribution in [2.24, 2.45) is 0 Å². The van der Waals surface area contributed by atoms with Gasteiger partial charge in [0.05, 0.1) is 5.52 Å². The molecule has 0 fully saturated rings. The van der Waals surface area contributed by atoms with Gasteiger partial charge in [0.2, 0.25) is 0 Å². The normalized spacial score (nSPS) is 10.9. The summed E-state index contributed by atoms with van der Waals surface area (Å²) in [6.45, 7) is -0.108. The first-order valence-corrected chi connectivity index (χ1v) is 10.5. The van der Waals surface area contributed by atoms with E-state index < -0.39 is 5.97 Å². The first-order valence-electron chi connectivity index (χ1n) is 10.2. The number of hydrogen-bond acceptors (Lipinski definition) is 3. The number of anilines is 1. The maximum atomic E-state index is 11.2. The summed E-state index contributed by atoms with van der Waals surface area (Å²) < 4.78 is 0. The topological polar surface area (TPSA) is 53.4 Å². The molecule has 0 aliphatic heterocycles. The van der Waals surface area contributed by atoms with E-state index in [2.05, 4.69) is 30.3 Å². The summed E-state index contributed by atoms with van der Waals surface area (Å²) in [6.07, 6.45) is 1.73. The number of pyridine rings is 1. The van der Waals surface area contributed by atoms with Gasteiger partial charge in [-0.1, -0.05) is 66.2 Å². The van der Waals surface area contributed by atoms with Gasteiger partial charge in [-0.3, -0.25) is 4.79 Å². The van der Waals surface area contributed by atoms with Crippen LogP contribution < -0.4 is 4.90 Å². The Bertz CT molecular complexity index is 1220. The van der Waals surface area contributed by atoms with Crippen molar-refractivity contribution in [3.8, 4) is 11.1 Å². The van der Waals surface area contributed by atoms with E-state index in [1.54, 1.807) is 11.9 Å². The highest BCUT2D eigenvalue weighted by molar-refractivity contribution is 6.31. The number of benzene rings is 3. The van der Waals surface area contributed by atoms with Crippen LogP contribution in [0.3, 0.4) is 0 Å². The Balaban J connectivity index is 1.74. The average molecular weight is 431 g/mol. The monoisotopic (exact) mass is 430 g/mol. The predicted octanol–water partition coefficient (Wildman–Crippen LogP) is 5.86. The number of halogens is 1. The summed E-state index contributed by atoms with van der Waals surface area (Å²) in [7, 11) is 1.75. The largest absolute Gasteiger partial charge is 0.480 e. The third kappa shape index (κ3) is 4.86. The van der Waals surface area contributed by atoms with Gasteiger partial charge in [-0.25, -0.2) is 4.98 Å². The molecule has 0 amide bonds. The van der Waals surface area contributed by atoms with Crippen LogP contribution in [-0.4, -0.2) is 29.7 Å². The van der Waals surface area contributed by atoms with Crippen LogP contribution in [0.5, 0.6) is 0 Å². The van der Waals surface area contributed by atoms with Gasteiger partial charge in [0.1, 0.15) is 12.4 Å². The third-order valence-electron chi connectivity index (χ3n) is 5.35. The lowest BCUT2D eigenvalue weighted by Crippen LogP contribution is -2.26. The minimum Gasteiger partial charge on any atom is -0.480 e. The van der Waals surface area contributed by atoms with Gasteiger partial charge in [0, 0.05) is 17.5 Å². The van der Waals surface area contributed by atoms with E-state index in [1.165, 1.54) is 5.56 Å². The molecule has 31 heavy (non-hydrogen) atoms. The van der Waals surface area contributed by atoms with E-state index in [9.17, 15) is 9.90 Å². The van der Waals surface area contributed by atoms with Crippen LogP contribution >= 0.6 is 11.6 Å². The fraction of sp³-hybridized carbons (Fsp3) is 0.154. The van der Waals surface area contributed by atoms with Crippen molar-refractivity contribution in [2.75, 3.05) is 18.5 Å². The Morgan fingerprint density at radius 1 is 0.968 bits per heavy atom. The molecule has 0 unspecified atom stereocenters. The van der Waals surface area contributed by atoms with Crippen LogP contribution in [-0.2, 0) is 17.6 Å². The first-order chi connectivity index (χ1) is 15.0.